The van der Waals surface area contributed by atoms with Crippen LogP contribution in [0.3, 0.4) is 0 Å². The van der Waals surface area contributed by atoms with E-state index in [1.54, 1.807) is 0 Å². The van der Waals surface area contributed by atoms with E-state index in [-0.39, 0.29) is 0 Å². The molecule has 1 saturated heterocycles. The average Bonchev–Trinajstić information content (AvgIpc) is 2.28. The molecule has 0 radical (unpaired) electrons. The van der Waals surface area contributed by atoms with Gasteiger partial charge in [-0.3, -0.25) is 0 Å². The molecular weight excluding hydrogens is 312 g/mol. The van der Waals surface area contributed by atoms with Crippen LogP contribution in [0.25, 0.3) is 0 Å². The fraction of sp³-hybridized carbons (Fsp3) is 0.571. The van der Waals surface area contributed by atoms with Gasteiger partial charge in [0.15, 0.2) is 0 Å². The van der Waals surface area contributed by atoms with E-state index in [0.717, 1.165) is 16.0 Å². The molecule has 0 saturated carbocycles. The molecule has 2 rings (SSSR count). The second-order valence-corrected chi connectivity index (χ2v) is 6.48. The van der Waals surface area contributed by atoms with Gasteiger partial charge in [-0.15, -0.1) is 0 Å². The highest BCUT2D eigenvalue weighted by atomic mass is 79.9. The lowest BCUT2D eigenvalue weighted by molar-refractivity contribution is 0.218. The molecule has 18 heavy (non-hydrogen) atoms. The van der Waals surface area contributed by atoms with Gasteiger partial charge in [-0.1, -0.05) is 33.6 Å². The van der Waals surface area contributed by atoms with Gasteiger partial charge in [0, 0.05) is 28.1 Å². The zero-order valence-corrected chi connectivity index (χ0v) is 13.3. The summed E-state index contributed by atoms with van der Waals surface area (Å²) in [6, 6.07) is 6.96. The summed E-state index contributed by atoms with van der Waals surface area (Å²) in [4.78, 5) is 2.39. The maximum Gasteiger partial charge on any atom is 0.0464 e. The lowest BCUT2D eigenvalue weighted by atomic mass is 10.0. The van der Waals surface area contributed by atoms with Gasteiger partial charge in [0.1, 0.15) is 0 Å². The van der Waals surface area contributed by atoms with Gasteiger partial charge < -0.3 is 10.2 Å². The highest BCUT2D eigenvalue weighted by molar-refractivity contribution is 9.10. The Labute approximate surface area is 123 Å². The number of nitrogens with one attached hydrogen (secondary N) is 1. The lowest BCUT2D eigenvalue weighted by Gasteiger charge is -2.32. The number of benzene rings is 1. The van der Waals surface area contributed by atoms with E-state index in [1.807, 2.05) is 12.1 Å². The smallest absolute Gasteiger partial charge is 0.0464 e. The topological polar surface area (TPSA) is 15.3 Å². The summed E-state index contributed by atoms with van der Waals surface area (Å²) >= 11 is 9.73. The number of likely N-dealkylation sites (N-methyl/N-ethyl adjacent to an activating group) is 1. The van der Waals surface area contributed by atoms with Gasteiger partial charge in [-0.2, -0.15) is 0 Å². The predicted molar refractivity (Wildman–Crippen MR) is 81.2 cm³/mol. The van der Waals surface area contributed by atoms with Gasteiger partial charge in [-0.25, -0.2) is 0 Å². The first-order valence-corrected chi connectivity index (χ1v) is 7.63. The number of halogens is 2. The van der Waals surface area contributed by atoms with Crippen molar-refractivity contribution in [3.8, 4) is 0 Å². The minimum Gasteiger partial charge on any atom is -0.306 e. The van der Waals surface area contributed by atoms with Crippen LogP contribution in [0.1, 0.15) is 31.4 Å². The second-order valence-electron chi connectivity index (χ2n) is 5.16. The number of hydrogen-bond acceptors (Lipinski definition) is 2. The van der Waals surface area contributed by atoms with Crippen LogP contribution in [0.5, 0.6) is 0 Å². The number of likely N-dealkylation sites (tertiary alicyclic amines) is 1. The monoisotopic (exact) mass is 330 g/mol. The summed E-state index contributed by atoms with van der Waals surface area (Å²) in [6.45, 7) is 4.52. The normalized spacial score (nSPS) is 23.0. The molecule has 100 valence electrons. The molecule has 4 heteroatoms. The third-order valence-corrected chi connectivity index (χ3v) is 4.36. The number of piperidine rings is 1. The Morgan fingerprint density at radius 2 is 2.28 bits per heavy atom. The van der Waals surface area contributed by atoms with Crippen LogP contribution in [-0.2, 0) is 0 Å². The van der Waals surface area contributed by atoms with E-state index in [9.17, 15) is 0 Å². The van der Waals surface area contributed by atoms with Crippen molar-refractivity contribution in [3.05, 3.63) is 33.3 Å². The van der Waals surface area contributed by atoms with E-state index < -0.39 is 0 Å². The third-order valence-electron chi connectivity index (χ3n) is 3.54. The van der Waals surface area contributed by atoms with Gasteiger partial charge >= 0.3 is 0 Å². The van der Waals surface area contributed by atoms with Crippen LogP contribution in [-0.4, -0.2) is 31.1 Å². The molecule has 2 unspecified atom stereocenters. The summed E-state index contributed by atoms with van der Waals surface area (Å²) in [5.74, 6) is 0. The minimum absolute atomic E-state index is 0.294. The Hall–Kier alpha value is -0.0900. The number of nitrogens with zero attached hydrogens (tertiary/aromatic N) is 1. The average molecular weight is 332 g/mol. The fourth-order valence-corrected chi connectivity index (χ4v) is 3.44. The van der Waals surface area contributed by atoms with Crippen molar-refractivity contribution in [2.75, 3.05) is 20.1 Å². The van der Waals surface area contributed by atoms with Crippen molar-refractivity contribution < 1.29 is 0 Å². The van der Waals surface area contributed by atoms with Crippen LogP contribution in [0.4, 0.5) is 0 Å². The van der Waals surface area contributed by atoms with Crippen molar-refractivity contribution in [2.45, 2.75) is 31.8 Å². The summed E-state index contributed by atoms with van der Waals surface area (Å²) in [6.07, 6.45) is 2.53. The van der Waals surface area contributed by atoms with Gasteiger partial charge in [0.25, 0.3) is 0 Å². The van der Waals surface area contributed by atoms with Gasteiger partial charge in [0.2, 0.25) is 0 Å². The predicted octanol–water partition coefficient (Wildman–Crippen LogP) is 3.85. The number of rotatable bonds is 3. The van der Waals surface area contributed by atoms with Crippen molar-refractivity contribution in [1.82, 2.24) is 10.2 Å². The molecule has 1 aliphatic rings. The van der Waals surface area contributed by atoms with E-state index in [4.69, 9.17) is 11.6 Å². The first-order valence-electron chi connectivity index (χ1n) is 6.46. The molecule has 1 aromatic rings. The van der Waals surface area contributed by atoms with Crippen LogP contribution in [0, 0.1) is 0 Å². The standard InChI is InChI=1S/C14H20BrClN2/c1-10(13-6-5-11(15)8-14(13)16)17-12-4-3-7-18(2)9-12/h5-6,8,10,12,17H,3-4,7,9H2,1-2H3. The Kier molecular flexibility index (Phi) is 5.07. The molecule has 1 N–H and O–H groups in total. The zero-order chi connectivity index (χ0) is 13.1. The van der Waals surface area contributed by atoms with Crippen LogP contribution < -0.4 is 5.32 Å². The molecular formula is C14H20BrClN2. The molecule has 1 aliphatic heterocycles. The molecule has 0 amide bonds. The molecule has 0 spiro atoms. The van der Waals surface area contributed by atoms with Crippen molar-refractivity contribution >= 4 is 27.5 Å². The van der Waals surface area contributed by atoms with Crippen LogP contribution in [0.15, 0.2) is 22.7 Å². The fourth-order valence-electron chi connectivity index (χ4n) is 2.60. The third kappa shape index (κ3) is 3.70. The Morgan fingerprint density at radius 1 is 1.50 bits per heavy atom. The Morgan fingerprint density at radius 3 is 2.94 bits per heavy atom. The van der Waals surface area contributed by atoms with E-state index in [2.05, 4.69) is 46.2 Å². The minimum atomic E-state index is 0.294. The van der Waals surface area contributed by atoms with Gasteiger partial charge in [-0.05, 0) is 51.1 Å². The molecule has 1 fully saturated rings. The molecule has 1 aromatic carbocycles. The summed E-state index contributed by atoms with van der Waals surface area (Å²) in [5, 5.41) is 4.51. The SMILES string of the molecule is CC(NC1CCCN(C)C1)c1ccc(Br)cc1Cl. The quantitative estimate of drug-likeness (QED) is 0.905. The molecule has 1 heterocycles. The first kappa shape index (κ1) is 14.3. The second kappa shape index (κ2) is 6.38. The summed E-state index contributed by atoms with van der Waals surface area (Å²) in [5.41, 5.74) is 1.17. The van der Waals surface area contributed by atoms with Gasteiger partial charge in [0.05, 0.1) is 0 Å². The van der Waals surface area contributed by atoms with E-state index >= 15 is 0 Å². The maximum atomic E-state index is 6.29. The molecule has 2 atom stereocenters. The summed E-state index contributed by atoms with van der Waals surface area (Å²) in [7, 11) is 2.19. The first-order chi connectivity index (χ1) is 8.56. The molecule has 0 aliphatic carbocycles. The van der Waals surface area contributed by atoms with Crippen LogP contribution >= 0.6 is 27.5 Å². The lowest BCUT2D eigenvalue weighted by Crippen LogP contribution is -2.44. The zero-order valence-electron chi connectivity index (χ0n) is 10.9. The molecule has 0 bridgehead atoms. The Bertz CT molecular complexity index is 411. The Balaban J connectivity index is 2.00. The highest BCUT2D eigenvalue weighted by Crippen LogP contribution is 2.27. The van der Waals surface area contributed by atoms with Crippen LogP contribution in [0.2, 0.25) is 5.02 Å². The maximum absolute atomic E-state index is 6.29. The summed E-state index contributed by atoms with van der Waals surface area (Å²) < 4.78 is 1.03. The highest BCUT2D eigenvalue weighted by Gasteiger charge is 2.20. The van der Waals surface area contributed by atoms with Crippen molar-refractivity contribution in [2.24, 2.45) is 0 Å². The number of hydrogen-bond donors (Lipinski definition) is 1. The van der Waals surface area contributed by atoms with Crippen molar-refractivity contribution in [3.63, 3.8) is 0 Å². The largest absolute Gasteiger partial charge is 0.306 e. The van der Waals surface area contributed by atoms with E-state index in [0.29, 0.717) is 12.1 Å². The van der Waals surface area contributed by atoms with E-state index in [1.165, 1.54) is 24.9 Å². The van der Waals surface area contributed by atoms with Crippen molar-refractivity contribution in [1.29, 1.82) is 0 Å². The molecule has 2 nitrogen and oxygen atoms in total. The molecule has 0 aromatic heterocycles.